The summed E-state index contributed by atoms with van der Waals surface area (Å²) in [6.45, 7) is -0.508. The quantitative estimate of drug-likeness (QED) is 0.485. The number of nitrogens with one attached hydrogen (secondary N) is 1. The summed E-state index contributed by atoms with van der Waals surface area (Å²) in [5.74, 6) is -1.14. The van der Waals surface area contributed by atoms with Gasteiger partial charge in [-0.2, -0.15) is 0 Å². The molecule has 0 aliphatic rings. The van der Waals surface area contributed by atoms with Crippen LogP contribution >= 0.6 is 0 Å². The summed E-state index contributed by atoms with van der Waals surface area (Å²) < 4.78 is 14.4. The van der Waals surface area contributed by atoms with Crippen LogP contribution in [0.1, 0.15) is 11.7 Å². The maximum Gasteiger partial charge on any atom is 0.269 e. The molecule has 0 spiro atoms. The van der Waals surface area contributed by atoms with E-state index in [0.29, 0.717) is 11.1 Å². The molecule has 0 radical (unpaired) electrons. The van der Waals surface area contributed by atoms with Gasteiger partial charge < -0.3 is 10.4 Å². The molecule has 1 heterocycles. The largest absolute Gasteiger partial charge is 0.387 e. The number of carbonyl (C=O) groups is 1. The molecule has 0 saturated carbocycles. The van der Waals surface area contributed by atoms with E-state index in [-0.39, 0.29) is 24.2 Å². The number of fused-ring (bicyclic) bond motifs is 1. The lowest BCUT2D eigenvalue weighted by Crippen LogP contribution is -2.34. The molecule has 2 aromatic carbocycles. The van der Waals surface area contributed by atoms with Gasteiger partial charge in [0.15, 0.2) is 0 Å². The number of benzene rings is 2. The van der Waals surface area contributed by atoms with Gasteiger partial charge in [-0.05, 0) is 35.9 Å². The monoisotopic (exact) mass is 386 g/mol. The number of aliphatic hydroxyl groups is 1. The minimum absolute atomic E-state index is 0.0567. The highest BCUT2D eigenvalue weighted by Crippen LogP contribution is 2.17. The van der Waals surface area contributed by atoms with Gasteiger partial charge in [0.25, 0.3) is 11.2 Å². The van der Waals surface area contributed by atoms with Gasteiger partial charge in [0.1, 0.15) is 12.4 Å². The fraction of sp³-hybridized carbons (Fsp3) is 0.167. The number of aliphatic hydroxyl groups excluding tert-OH is 1. The van der Waals surface area contributed by atoms with Crippen molar-refractivity contribution in [1.29, 1.82) is 0 Å². The molecule has 1 atom stereocenters. The molecule has 0 aliphatic heterocycles. The Hall–Kier alpha value is -3.66. The molecule has 3 aromatic rings. The van der Waals surface area contributed by atoms with Gasteiger partial charge in [0.2, 0.25) is 5.91 Å². The lowest BCUT2D eigenvalue weighted by molar-refractivity contribution is -0.384. The maximum absolute atomic E-state index is 13.3. The van der Waals surface area contributed by atoms with Gasteiger partial charge in [-0.1, -0.05) is 0 Å². The van der Waals surface area contributed by atoms with Gasteiger partial charge in [0, 0.05) is 18.7 Å². The summed E-state index contributed by atoms with van der Waals surface area (Å²) in [6.07, 6.45) is 0.111. The third-order valence-electron chi connectivity index (χ3n) is 4.08. The Morgan fingerprint density at radius 3 is 2.68 bits per heavy atom. The number of amides is 1. The van der Waals surface area contributed by atoms with E-state index in [1.807, 2.05) is 0 Å². The van der Waals surface area contributed by atoms with Gasteiger partial charge >= 0.3 is 0 Å². The minimum Gasteiger partial charge on any atom is -0.387 e. The topological polar surface area (TPSA) is 127 Å². The van der Waals surface area contributed by atoms with E-state index in [2.05, 4.69) is 10.3 Å². The molecule has 1 aromatic heterocycles. The molecule has 10 heteroatoms. The Bertz CT molecular complexity index is 1100. The van der Waals surface area contributed by atoms with Gasteiger partial charge in [-0.25, -0.2) is 9.37 Å². The molecule has 2 N–H and O–H groups in total. The van der Waals surface area contributed by atoms with E-state index in [1.54, 1.807) is 0 Å². The fourth-order valence-corrected chi connectivity index (χ4v) is 2.60. The van der Waals surface area contributed by atoms with Crippen molar-refractivity contribution in [2.24, 2.45) is 0 Å². The number of halogens is 1. The van der Waals surface area contributed by atoms with E-state index < -0.39 is 28.3 Å². The van der Waals surface area contributed by atoms with Crippen LogP contribution in [0, 0.1) is 15.9 Å². The molecule has 9 nitrogen and oxygen atoms in total. The Kier molecular flexibility index (Phi) is 5.41. The molecule has 28 heavy (non-hydrogen) atoms. The number of nitro benzene ring substituents is 1. The standard InChI is InChI=1S/C18H15FN4O5/c19-12-3-6-15-14(7-12)18(26)22(10-21-15)9-17(25)20-8-16(24)11-1-4-13(5-2-11)23(27)28/h1-7,10,16,24H,8-9H2,(H,20,25)/t16-/m1/s1. The number of aromatic nitrogens is 2. The number of hydrogen-bond donors (Lipinski definition) is 2. The molecule has 0 unspecified atom stereocenters. The first-order valence-corrected chi connectivity index (χ1v) is 8.19. The lowest BCUT2D eigenvalue weighted by atomic mass is 10.1. The molecule has 0 saturated heterocycles. The molecule has 0 aliphatic carbocycles. The van der Waals surface area contributed by atoms with Crippen LogP contribution in [0.2, 0.25) is 0 Å². The predicted octanol–water partition coefficient (Wildman–Crippen LogP) is 1.29. The van der Waals surface area contributed by atoms with Gasteiger partial charge in [-0.3, -0.25) is 24.3 Å². The zero-order chi connectivity index (χ0) is 20.3. The average molecular weight is 386 g/mol. The second-order valence-electron chi connectivity index (χ2n) is 6.01. The van der Waals surface area contributed by atoms with E-state index in [4.69, 9.17) is 0 Å². The van der Waals surface area contributed by atoms with Crippen molar-refractivity contribution in [1.82, 2.24) is 14.9 Å². The van der Waals surface area contributed by atoms with Crippen molar-refractivity contribution in [2.45, 2.75) is 12.6 Å². The first-order valence-electron chi connectivity index (χ1n) is 8.19. The highest BCUT2D eigenvalue weighted by atomic mass is 19.1. The van der Waals surface area contributed by atoms with E-state index in [9.17, 15) is 29.2 Å². The normalized spacial score (nSPS) is 11.9. The number of nitrogens with zero attached hydrogens (tertiary/aromatic N) is 3. The van der Waals surface area contributed by atoms with Crippen molar-refractivity contribution in [3.63, 3.8) is 0 Å². The van der Waals surface area contributed by atoms with Crippen LogP contribution in [0.4, 0.5) is 10.1 Å². The Balaban J connectivity index is 1.64. The van der Waals surface area contributed by atoms with E-state index in [0.717, 1.165) is 10.6 Å². The highest BCUT2D eigenvalue weighted by Gasteiger charge is 2.13. The number of carbonyl (C=O) groups excluding carboxylic acids is 1. The number of hydrogen-bond acceptors (Lipinski definition) is 6. The van der Waals surface area contributed by atoms with Crippen LogP contribution in [-0.4, -0.2) is 32.0 Å². The fourth-order valence-electron chi connectivity index (χ4n) is 2.60. The number of non-ortho nitro benzene ring substituents is 1. The Morgan fingerprint density at radius 2 is 2.00 bits per heavy atom. The van der Waals surface area contributed by atoms with E-state index >= 15 is 0 Å². The zero-order valence-electron chi connectivity index (χ0n) is 14.4. The van der Waals surface area contributed by atoms with Crippen LogP contribution < -0.4 is 10.9 Å². The summed E-state index contributed by atoms with van der Waals surface area (Å²) in [4.78, 5) is 38.5. The van der Waals surface area contributed by atoms with Gasteiger partial charge in [-0.15, -0.1) is 0 Å². The van der Waals surface area contributed by atoms with E-state index in [1.165, 1.54) is 42.7 Å². The third-order valence-corrected chi connectivity index (χ3v) is 4.08. The van der Waals surface area contributed by atoms with Crippen molar-refractivity contribution in [3.05, 3.63) is 80.6 Å². The summed E-state index contributed by atoms with van der Waals surface area (Å²) in [6, 6.07) is 8.89. The van der Waals surface area contributed by atoms with Crippen LogP contribution in [0.3, 0.4) is 0 Å². The van der Waals surface area contributed by atoms with Crippen molar-refractivity contribution in [3.8, 4) is 0 Å². The van der Waals surface area contributed by atoms with Crippen LogP contribution in [0.5, 0.6) is 0 Å². The molecule has 144 valence electrons. The second kappa shape index (κ2) is 7.92. The van der Waals surface area contributed by atoms with Crippen LogP contribution in [0.25, 0.3) is 10.9 Å². The van der Waals surface area contributed by atoms with Gasteiger partial charge in [0.05, 0.1) is 28.3 Å². The molecule has 1 amide bonds. The predicted molar refractivity (Wildman–Crippen MR) is 97.0 cm³/mol. The third kappa shape index (κ3) is 4.18. The van der Waals surface area contributed by atoms with Crippen molar-refractivity contribution < 1.29 is 19.2 Å². The van der Waals surface area contributed by atoms with Crippen molar-refractivity contribution >= 4 is 22.5 Å². The van der Waals surface area contributed by atoms with Crippen LogP contribution in [0.15, 0.2) is 53.6 Å². The highest BCUT2D eigenvalue weighted by molar-refractivity contribution is 5.79. The second-order valence-corrected chi connectivity index (χ2v) is 6.01. The lowest BCUT2D eigenvalue weighted by Gasteiger charge is -2.13. The summed E-state index contributed by atoms with van der Waals surface area (Å²) in [5.41, 5.74) is 0.0396. The summed E-state index contributed by atoms with van der Waals surface area (Å²) in [5, 5.41) is 23.2. The first kappa shape index (κ1) is 19.1. The summed E-state index contributed by atoms with van der Waals surface area (Å²) >= 11 is 0. The minimum atomic E-state index is -1.08. The zero-order valence-corrected chi connectivity index (χ0v) is 14.4. The summed E-state index contributed by atoms with van der Waals surface area (Å²) in [7, 11) is 0. The smallest absolute Gasteiger partial charge is 0.269 e. The molecule has 0 bridgehead atoms. The first-order chi connectivity index (χ1) is 13.3. The molecular weight excluding hydrogens is 371 g/mol. The Labute approximate surface area is 157 Å². The Morgan fingerprint density at radius 1 is 1.29 bits per heavy atom. The average Bonchev–Trinajstić information content (AvgIpc) is 2.68. The number of nitro groups is 1. The molecule has 3 rings (SSSR count). The maximum atomic E-state index is 13.3. The van der Waals surface area contributed by atoms with Crippen LogP contribution in [-0.2, 0) is 11.3 Å². The van der Waals surface area contributed by atoms with Crippen molar-refractivity contribution in [2.75, 3.05) is 6.54 Å². The molecule has 0 fully saturated rings. The SMILES string of the molecule is O=C(Cn1cnc2ccc(F)cc2c1=O)NC[C@@H](O)c1ccc([N+](=O)[O-])cc1. The number of rotatable bonds is 6. The molecular formula is C18H15FN4O5.